The second-order valence-electron chi connectivity index (χ2n) is 8.36. The lowest BCUT2D eigenvalue weighted by Gasteiger charge is -2.12. The van der Waals surface area contributed by atoms with Crippen molar-refractivity contribution >= 4 is 33.0 Å². The topological polar surface area (TPSA) is 112 Å². The zero-order chi connectivity index (χ0) is 27.8. The van der Waals surface area contributed by atoms with Crippen molar-refractivity contribution in [2.45, 2.75) is 17.8 Å². The molecule has 0 aliphatic carbocycles. The molecule has 0 unspecified atom stereocenters. The van der Waals surface area contributed by atoms with Crippen LogP contribution in [0, 0.1) is 0 Å². The minimum Gasteiger partial charge on any atom is -0.454 e. The Morgan fingerprint density at radius 1 is 1.03 bits per heavy atom. The average molecular weight is 579 g/mol. The first-order chi connectivity index (χ1) is 18.5. The normalized spacial score (nSPS) is 12.9. The van der Waals surface area contributed by atoms with Crippen molar-refractivity contribution in [3.05, 3.63) is 77.7 Å². The maximum absolute atomic E-state index is 13.6. The third-order valence-corrected chi connectivity index (χ3v) is 7.44. The standard InChI is InChI=1S/C25H18ClF3N4O5S/c26-17-12-16(4-5-19(17)33-8-1-2-9-33)30-23(34)7-10-39(35,36)24-31-18(13-22(32-24)25(27,28)29)15-3-6-20-21(11-15)38-14-37-20/h1-6,8-9,11-13H,7,10,14H2,(H,30,34). The van der Waals surface area contributed by atoms with Gasteiger partial charge in [-0.15, -0.1) is 0 Å². The van der Waals surface area contributed by atoms with E-state index in [0.717, 1.165) is 0 Å². The summed E-state index contributed by atoms with van der Waals surface area (Å²) < 4.78 is 78.8. The Morgan fingerprint density at radius 3 is 2.49 bits per heavy atom. The van der Waals surface area contributed by atoms with Crippen LogP contribution in [0.4, 0.5) is 18.9 Å². The summed E-state index contributed by atoms with van der Waals surface area (Å²) in [5, 5.41) is 1.83. The van der Waals surface area contributed by atoms with Crippen LogP contribution in [-0.4, -0.2) is 41.4 Å². The van der Waals surface area contributed by atoms with Crippen LogP contribution >= 0.6 is 11.6 Å². The molecule has 0 atom stereocenters. The quantitative estimate of drug-likeness (QED) is 0.302. The van der Waals surface area contributed by atoms with E-state index in [-0.39, 0.29) is 23.8 Å². The number of aromatic nitrogens is 3. The van der Waals surface area contributed by atoms with Gasteiger partial charge in [0, 0.05) is 30.1 Å². The van der Waals surface area contributed by atoms with Gasteiger partial charge in [0.1, 0.15) is 5.69 Å². The molecule has 4 aromatic rings. The zero-order valence-electron chi connectivity index (χ0n) is 19.8. The Hall–Kier alpha value is -4.10. The molecule has 0 radical (unpaired) electrons. The number of sulfone groups is 1. The number of carbonyl (C=O) groups is 1. The minimum atomic E-state index is -4.94. The molecular weight excluding hydrogens is 561 g/mol. The van der Waals surface area contributed by atoms with Crippen molar-refractivity contribution in [3.63, 3.8) is 0 Å². The maximum atomic E-state index is 13.6. The van der Waals surface area contributed by atoms with E-state index in [1.54, 1.807) is 29.1 Å². The number of alkyl halides is 3. The number of carbonyl (C=O) groups excluding carboxylic acids is 1. The van der Waals surface area contributed by atoms with Crippen LogP contribution in [0.3, 0.4) is 0 Å². The van der Waals surface area contributed by atoms with Crippen LogP contribution in [0.15, 0.2) is 72.1 Å². The first-order valence-corrected chi connectivity index (χ1v) is 13.3. The first-order valence-electron chi connectivity index (χ1n) is 11.3. The Balaban J connectivity index is 1.34. The molecule has 9 nitrogen and oxygen atoms in total. The number of nitrogens with one attached hydrogen (secondary N) is 1. The van der Waals surface area contributed by atoms with Gasteiger partial charge < -0.3 is 19.4 Å². The van der Waals surface area contributed by atoms with E-state index in [0.29, 0.717) is 28.2 Å². The van der Waals surface area contributed by atoms with Gasteiger partial charge in [0.05, 0.1) is 22.2 Å². The Morgan fingerprint density at radius 2 is 1.77 bits per heavy atom. The van der Waals surface area contributed by atoms with E-state index in [2.05, 4.69) is 15.3 Å². The van der Waals surface area contributed by atoms with Gasteiger partial charge in [0.25, 0.3) is 0 Å². The lowest BCUT2D eigenvalue weighted by Crippen LogP contribution is -2.20. The molecule has 202 valence electrons. The molecule has 0 saturated carbocycles. The highest BCUT2D eigenvalue weighted by molar-refractivity contribution is 7.91. The molecule has 1 aliphatic rings. The SMILES string of the molecule is O=C(CCS(=O)(=O)c1nc(-c2ccc3c(c2)OCO3)cc(C(F)(F)F)n1)Nc1ccc(-n2cccc2)c(Cl)c1. The molecule has 39 heavy (non-hydrogen) atoms. The Kier molecular flexibility index (Phi) is 6.95. The van der Waals surface area contributed by atoms with Crippen LogP contribution in [0.2, 0.25) is 5.02 Å². The predicted octanol–water partition coefficient (Wildman–Crippen LogP) is 5.14. The summed E-state index contributed by atoms with van der Waals surface area (Å²) in [6, 6.07) is 13.3. The molecule has 14 heteroatoms. The van der Waals surface area contributed by atoms with Crippen LogP contribution in [0.25, 0.3) is 16.9 Å². The summed E-state index contributed by atoms with van der Waals surface area (Å²) in [4.78, 5) is 19.6. The molecule has 2 aromatic heterocycles. The van der Waals surface area contributed by atoms with E-state index < -0.39 is 44.9 Å². The molecule has 1 amide bonds. The second-order valence-corrected chi connectivity index (χ2v) is 10.8. The molecule has 0 saturated heterocycles. The van der Waals surface area contributed by atoms with Gasteiger partial charge in [-0.2, -0.15) is 13.2 Å². The molecular formula is C25H18ClF3N4O5S. The highest BCUT2D eigenvalue weighted by atomic mass is 35.5. The number of ether oxygens (including phenoxy) is 2. The molecule has 2 aromatic carbocycles. The van der Waals surface area contributed by atoms with Gasteiger partial charge >= 0.3 is 6.18 Å². The van der Waals surface area contributed by atoms with Gasteiger partial charge in [-0.3, -0.25) is 4.79 Å². The number of benzene rings is 2. The monoisotopic (exact) mass is 578 g/mol. The van der Waals surface area contributed by atoms with Crippen molar-refractivity contribution < 1.29 is 35.9 Å². The van der Waals surface area contributed by atoms with Crippen molar-refractivity contribution in [2.24, 2.45) is 0 Å². The van der Waals surface area contributed by atoms with E-state index in [9.17, 15) is 26.4 Å². The van der Waals surface area contributed by atoms with Crippen molar-refractivity contribution in [1.29, 1.82) is 0 Å². The molecule has 1 N–H and O–H groups in total. The molecule has 0 spiro atoms. The summed E-state index contributed by atoms with van der Waals surface area (Å²) >= 11 is 6.29. The minimum absolute atomic E-state index is 0.0540. The summed E-state index contributed by atoms with van der Waals surface area (Å²) in [7, 11) is -4.49. The third kappa shape index (κ3) is 5.83. The van der Waals surface area contributed by atoms with Crippen molar-refractivity contribution in [1.82, 2.24) is 14.5 Å². The van der Waals surface area contributed by atoms with E-state index in [4.69, 9.17) is 21.1 Å². The number of amides is 1. The summed E-state index contributed by atoms with van der Waals surface area (Å²) in [6.45, 7) is -0.0540. The first kappa shape index (κ1) is 26.5. The van der Waals surface area contributed by atoms with Crippen LogP contribution in [-0.2, 0) is 20.8 Å². The highest BCUT2D eigenvalue weighted by Crippen LogP contribution is 2.37. The Labute approximate surface area is 225 Å². The number of halogens is 4. The van der Waals surface area contributed by atoms with Crippen molar-refractivity contribution in [2.75, 3.05) is 17.9 Å². The largest absolute Gasteiger partial charge is 0.454 e. The van der Waals surface area contributed by atoms with Gasteiger partial charge in [0.2, 0.25) is 27.7 Å². The fraction of sp³-hybridized carbons (Fsp3) is 0.160. The fourth-order valence-electron chi connectivity index (χ4n) is 3.74. The fourth-order valence-corrected chi connectivity index (χ4v) is 5.13. The number of rotatable bonds is 7. The van der Waals surface area contributed by atoms with Gasteiger partial charge in [-0.05, 0) is 54.6 Å². The highest BCUT2D eigenvalue weighted by Gasteiger charge is 2.35. The smallest absolute Gasteiger partial charge is 0.433 e. The number of nitrogens with zero attached hydrogens (tertiary/aromatic N) is 3. The number of hydrogen-bond acceptors (Lipinski definition) is 7. The second kappa shape index (κ2) is 10.2. The molecule has 5 rings (SSSR count). The zero-order valence-corrected chi connectivity index (χ0v) is 21.3. The maximum Gasteiger partial charge on any atom is 0.433 e. The lowest BCUT2D eigenvalue weighted by molar-refractivity contribution is -0.141. The number of hydrogen-bond donors (Lipinski definition) is 1. The van der Waals surface area contributed by atoms with Gasteiger partial charge in [-0.1, -0.05) is 11.6 Å². The van der Waals surface area contributed by atoms with E-state index >= 15 is 0 Å². The number of fused-ring (bicyclic) bond motifs is 1. The van der Waals surface area contributed by atoms with Gasteiger partial charge in [-0.25, -0.2) is 18.4 Å². The summed E-state index contributed by atoms with van der Waals surface area (Å²) in [5.41, 5.74) is -0.566. The van der Waals surface area contributed by atoms with Gasteiger partial charge in [0.15, 0.2) is 11.5 Å². The third-order valence-electron chi connectivity index (χ3n) is 5.65. The average Bonchev–Trinajstić information content (AvgIpc) is 3.59. The van der Waals surface area contributed by atoms with Crippen LogP contribution in [0.5, 0.6) is 11.5 Å². The predicted molar refractivity (Wildman–Crippen MR) is 135 cm³/mol. The molecule has 1 aliphatic heterocycles. The van der Waals surface area contributed by atoms with E-state index in [1.165, 1.54) is 24.3 Å². The molecule has 3 heterocycles. The Bertz CT molecular complexity index is 1660. The summed E-state index contributed by atoms with van der Waals surface area (Å²) in [6.07, 6.45) is -1.92. The van der Waals surface area contributed by atoms with Crippen molar-refractivity contribution in [3.8, 4) is 28.4 Å². The van der Waals surface area contributed by atoms with E-state index in [1.807, 2.05) is 12.1 Å². The number of anilines is 1. The lowest BCUT2D eigenvalue weighted by atomic mass is 10.1. The van der Waals surface area contributed by atoms with Crippen LogP contribution in [0.1, 0.15) is 12.1 Å². The molecule has 0 fully saturated rings. The van der Waals surface area contributed by atoms with Crippen LogP contribution < -0.4 is 14.8 Å². The molecule has 0 bridgehead atoms. The summed E-state index contributed by atoms with van der Waals surface area (Å²) in [5.74, 6) is -0.840.